The Labute approximate surface area is 101 Å². The van der Waals surface area contributed by atoms with Crippen LogP contribution in [0.1, 0.15) is 20.8 Å². The lowest BCUT2D eigenvalue weighted by Crippen LogP contribution is -2.28. The number of anilines is 2. The van der Waals surface area contributed by atoms with Crippen molar-refractivity contribution in [3.63, 3.8) is 0 Å². The van der Waals surface area contributed by atoms with E-state index in [4.69, 9.17) is 0 Å². The monoisotopic (exact) mass is 243 g/mol. The molecule has 1 heterocycles. The van der Waals surface area contributed by atoms with E-state index in [1.165, 1.54) is 4.90 Å². The Balaban J connectivity index is 2.78. The van der Waals surface area contributed by atoms with Crippen LogP contribution in [0.4, 0.5) is 20.4 Å². The van der Waals surface area contributed by atoms with Crippen LogP contribution in [0.2, 0.25) is 0 Å². The zero-order chi connectivity index (χ0) is 13.1. The lowest BCUT2D eigenvalue weighted by atomic mass is 10.1. The molecule has 1 rings (SSSR count). The van der Waals surface area contributed by atoms with E-state index in [-0.39, 0.29) is 12.1 Å². The molecule has 17 heavy (non-hydrogen) atoms. The van der Waals surface area contributed by atoms with E-state index in [2.05, 4.69) is 10.3 Å². The number of alkyl halides is 2. The summed E-state index contributed by atoms with van der Waals surface area (Å²) in [5, 5.41) is 3.20. The predicted octanol–water partition coefficient (Wildman–Crippen LogP) is 2.99. The molecule has 0 amide bonds. The molecule has 0 saturated heterocycles. The van der Waals surface area contributed by atoms with Crippen molar-refractivity contribution in [3.8, 4) is 0 Å². The maximum absolute atomic E-state index is 12.3. The van der Waals surface area contributed by atoms with Crippen LogP contribution in [0.5, 0.6) is 0 Å². The van der Waals surface area contributed by atoms with Gasteiger partial charge in [-0.1, -0.05) is 6.07 Å². The molecule has 1 N–H and O–H groups in total. The Kier molecular flexibility index (Phi) is 4.26. The number of rotatable bonds is 4. The molecule has 0 bridgehead atoms. The quantitative estimate of drug-likeness (QED) is 0.881. The molecule has 0 aromatic carbocycles. The van der Waals surface area contributed by atoms with Gasteiger partial charge in [-0.05, 0) is 32.9 Å². The molecule has 96 valence electrons. The minimum atomic E-state index is -2.36. The third-order valence-corrected chi connectivity index (χ3v) is 2.04. The molecule has 1 aromatic rings. The van der Waals surface area contributed by atoms with E-state index in [0.29, 0.717) is 11.6 Å². The highest BCUT2D eigenvalue weighted by molar-refractivity contribution is 5.47. The molecule has 0 aliphatic heterocycles. The lowest BCUT2D eigenvalue weighted by Gasteiger charge is -2.23. The maximum Gasteiger partial charge on any atom is 0.255 e. The summed E-state index contributed by atoms with van der Waals surface area (Å²) >= 11 is 0. The average Bonchev–Trinajstić information content (AvgIpc) is 2.14. The van der Waals surface area contributed by atoms with Gasteiger partial charge in [-0.25, -0.2) is 13.8 Å². The summed E-state index contributed by atoms with van der Waals surface area (Å²) in [6, 6.07) is 5.35. The van der Waals surface area contributed by atoms with Gasteiger partial charge in [-0.15, -0.1) is 0 Å². The summed E-state index contributed by atoms with van der Waals surface area (Å²) in [7, 11) is 1.61. The van der Waals surface area contributed by atoms with Crippen molar-refractivity contribution in [1.82, 2.24) is 4.98 Å². The van der Waals surface area contributed by atoms with Crippen LogP contribution in [-0.4, -0.2) is 30.5 Å². The van der Waals surface area contributed by atoms with Crippen LogP contribution in [0, 0.1) is 0 Å². The van der Waals surface area contributed by atoms with E-state index in [0.717, 1.165) is 0 Å². The highest BCUT2D eigenvalue weighted by Crippen LogP contribution is 2.17. The average molecular weight is 243 g/mol. The molecule has 0 atom stereocenters. The van der Waals surface area contributed by atoms with Gasteiger partial charge in [0, 0.05) is 12.6 Å². The van der Waals surface area contributed by atoms with Gasteiger partial charge in [0.1, 0.15) is 11.6 Å². The van der Waals surface area contributed by atoms with Crippen LogP contribution in [0.25, 0.3) is 0 Å². The smallest absolute Gasteiger partial charge is 0.255 e. The first-order valence-electron chi connectivity index (χ1n) is 5.52. The van der Waals surface area contributed by atoms with E-state index in [1.807, 2.05) is 26.8 Å². The van der Waals surface area contributed by atoms with Crippen LogP contribution in [0.15, 0.2) is 18.2 Å². The predicted molar refractivity (Wildman–Crippen MR) is 66.9 cm³/mol. The van der Waals surface area contributed by atoms with Crippen molar-refractivity contribution in [3.05, 3.63) is 18.2 Å². The third kappa shape index (κ3) is 4.97. The lowest BCUT2D eigenvalue weighted by molar-refractivity contribution is 0.156. The van der Waals surface area contributed by atoms with Crippen LogP contribution >= 0.6 is 0 Å². The Morgan fingerprint density at radius 2 is 2.00 bits per heavy atom. The zero-order valence-electron chi connectivity index (χ0n) is 10.7. The van der Waals surface area contributed by atoms with Gasteiger partial charge in [0.25, 0.3) is 6.43 Å². The Hall–Kier alpha value is -1.39. The zero-order valence-corrected chi connectivity index (χ0v) is 10.7. The van der Waals surface area contributed by atoms with Gasteiger partial charge in [0.15, 0.2) is 0 Å². The third-order valence-electron chi connectivity index (χ3n) is 2.04. The molecular weight excluding hydrogens is 224 g/mol. The molecule has 0 aliphatic rings. The van der Waals surface area contributed by atoms with Crippen LogP contribution in [0.3, 0.4) is 0 Å². The highest BCUT2D eigenvalue weighted by atomic mass is 19.3. The molecule has 0 spiro atoms. The summed E-state index contributed by atoms with van der Waals surface area (Å²) in [4.78, 5) is 5.74. The summed E-state index contributed by atoms with van der Waals surface area (Å²) in [6.07, 6.45) is -2.36. The van der Waals surface area contributed by atoms with Crippen LogP contribution < -0.4 is 10.2 Å². The molecule has 3 nitrogen and oxygen atoms in total. The van der Waals surface area contributed by atoms with Crippen molar-refractivity contribution in [2.24, 2.45) is 0 Å². The van der Waals surface area contributed by atoms with E-state index in [1.54, 1.807) is 19.2 Å². The molecule has 0 radical (unpaired) electrons. The Morgan fingerprint density at radius 1 is 1.35 bits per heavy atom. The van der Waals surface area contributed by atoms with E-state index in [9.17, 15) is 8.78 Å². The Morgan fingerprint density at radius 3 is 2.53 bits per heavy atom. The number of nitrogens with zero attached hydrogens (tertiary/aromatic N) is 2. The first kappa shape index (κ1) is 13.7. The summed E-state index contributed by atoms with van der Waals surface area (Å²) in [5.74, 6) is 1.23. The number of hydrogen-bond acceptors (Lipinski definition) is 3. The van der Waals surface area contributed by atoms with Crippen molar-refractivity contribution in [2.45, 2.75) is 32.7 Å². The molecule has 0 saturated carbocycles. The minimum Gasteiger partial charge on any atom is -0.365 e. The van der Waals surface area contributed by atoms with Gasteiger partial charge in [-0.2, -0.15) is 0 Å². The fourth-order valence-electron chi connectivity index (χ4n) is 1.39. The van der Waals surface area contributed by atoms with Crippen molar-refractivity contribution in [1.29, 1.82) is 0 Å². The van der Waals surface area contributed by atoms with Gasteiger partial charge >= 0.3 is 0 Å². The van der Waals surface area contributed by atoms with Gasteiger partial charge in [0.05, 0.1) is 6.54 Å². The van der Waals surface area contributed by atoms with Crippen molar-refractivity contribution < 1.29 is 8.78 Å². The summed E-state index contributed by atoms with van der Waals surface area (Å²) in [5.41, 5.74) is -0.104. The van der Waals surface area contributed by atoms with E-state index < -0.39 is 6.43 Å². The van der Waals surface area contributed by atoms with Gasteiger partial charge in [0.2, 0.25) is 0 Å². The van der Waals surface area contributed by atoms with Gasteiger partial charge < -0.3 is 10.2 Å². The minimum absolute atomic E-state index is 0.104. The largest absolute Gasteiger partial charge is 0.365 e. The van der Waals surface area contributed by atoms with E-state index >= 15 is 0 Å². The Bertz CT molecular complexity index is 361. The second-order valence-corrected chi connectivity index (χ2v) is 5.03. The number of pyridine rings is 1. The van der Waals surface area contributed by atoms with Crippen molar-refractivity contribution in [2.75, 3.05) is 23.8 Å². The summed E-state index contributed by atoms with van der Waals surface area (Å²) in [6.45, 7) is 5.74. The molecule has 0 fully saturated rings. The molecule has 5 heteroatoms. The normalized spacial score (nSPS) is 11.7. The standard InChI is InChI=1S/C12H19F2N3/c1-12(2,3)16-10-6-5-7-11(15-10)17(4)8-9(13)14/h5-7,9H,8H2,1-4H3,(H,15,16). The summed E-state index contributed by atoms with van der Waals surface area (Å²) < 4.78 is 24.5. The second kappa shape index (κ2) is 5.29. The molecule has 0 aliphatic carbocycles. The molecule has 1 aromatic heterocycles. The molecule has 0 unspecified atom stereocenters. The number of aromatic nitrogens is 1. The SMILES string of the molecule is CN(CC(F)F)c1cccc(NC(C)(C)C)n1. The number of hydrogen-bond donors (Lipinski definition) is 1. The maximum atomic E-state index is 12.3. The fraction of sp³-hybridized carbons (Fsp3) is 0.583. The van der Waals surface area contributed by atoms with Crippen LogP contribution in [-0.2, 0) is 0 Å². The topological polar surface area (TPSA) is 28.2 Å². The first-order chi connectivity index (χ1) is 7.78. The van der Waals surface area contributed by atoms with Gasteiger partial charge in [-0.3, -0.25) is 0 Å². The van der Waals surface area contributed by atoms with Crippen molar-refractivity contribution >= 4 is 11.6 Å². The fourth-order valence-corrected chi connectivity index (χ4v) is 1.39. The highest BCUT2D eigenvalue weighted by Gasteiger charge is 2.13. The number of halogens is 2. The first-order valence-corrected chi connectivity index (χ1v) is 5.52. The number of nitrogens with one attached hydrogen (secondary N) is 1. The molecular formula is C12H19F2N3. The second-order valence-electron chi connectivity index (χ2n) is 5.03.